The van der Waals surface area contributed by atoms with Gasteiger partial charge in [-0.25, -0.2) is 4.79 Å². The predicted molar refractivity (Wildman–Crippen MR) is 98.8 cm³/mol. The topological polar surface area (TPSA) is 35.5 Å². The van der Waals surface area contributed by atoms with E-state index in [2.05, 4.69) is 7.05 Å². The number of benzene rings is 1. The van der Waals surface area contributed by atoms with E-state index in [1.165, 1.54) is 49.7 Å². The highest BCUT2D eigenvalue weighted by atomic mass is 16.5. The lowest BCUT2D eigenvalue weighted by Crippen LogP contribution is -2.61. The molecule has 0 amide bonds. The van der Waals surface area contributed by atoms with Crippen LogP contribution in [0, 0.1) is 5.92 Å². The van der Waals surface area contributed by atoms with Gasteiger partial charge < -0.3 is 14.0 Å². The fourth-order valence-corrected chi connectivity index (χ4v) is 4.64. The van der Waals surface area contributed by atoms with Crippen LogP contribution in [0.3, 0.4) is 0 Å². The SMILES string of the molecule is CC(C)Oc1ccc(C(=O)OC[C@@H]2CCC[N@@+]3(C)CCCC[C@@H]23)cc1. The fourth-order valence-electron chi connectivity index (χ4n) is 4.64. The molecular formula is C21H32NO3+. The first-order valence-electron chi connectivity index (χ1n) is 9.76. The van der Waals surface area contributed by atoms with Crippen molar-refractivity contribution < 1.29 is 18.8 Å². The van der Waals surface area contributed by atoms with Crippen molar-refractivity contribution in [3.8, 4) is 5.75 Å². The molecular weight excluding hydrogens is 314 g/mol. The van der Waals surface area contributed by atoms with Crippen LogP contribution >= 0.6 is 0 Å². The van der Waals surface area contributed by atoms with Gasteiger partial charge in [0.25, 0.3) is 0 Å². The van der Waals surface area contributed by atoms with Gasteiger partial charge in [0, 0.05) is 12.3 Å². The van der Waals surface area contributed by atoms with E-state index in [0.29, 0.717) is 24.1 Å². The minimum absolute atomic E-state index is 0.132. The van der Waals surface area contributed by atoms with Crippen LogP contribution in [0.2, 0.25) is 0 Å². The fraction of sp³-hybridized carbons (Fsp3) is 0.667. The monoisotopic (exact) mass is 346 g/mol. The Hall–Kier alpha value is -1.55. The molecule has 0 spiro atoms. The first kappa shape index (κ1) is 18.2. The first-order chi connectivity index (χ1) is 12.0. The van der Waals surface area contributed by atoms with Crippen molar-refractivity contribution in [1.82, 2.24) is 0 Å². The van der Waals surface area contributed by atoms with Crippen LogP contribution in [0.15, 0.2) is 24.3 Å². The Morgan fingerprint density at radius 3 is 2.56 bits per heavy atom. The molecule has 0 aromatic heterocycles. The van der Waals surface area contributed by atoms with Gasteiger partial charge in [-0.1, -0.05) is 0 Å². The van der Waals surface area contributed by atoms with Gasteiger partial charge in [0.05, 0.1) is 37.8 Å². The summed E-state index contributed by atoms with van der Waals surface area (Å²) >= 11 is 0. The van der Waals surface area contributed by atoms with E-state index in [9.17, 15) is 4.79 Å². The van der Waals surface area contributed by atoms with E-state index in [1.54, 1.807) is 12.1 Å². The number of rotatable bonds is 5. The van der Waals surface area contributed by atoms with E-state index in [1.807, 2.05) is 26.0 Å². The molecule has 0 radical (unpaired) electrons. The Morgan fingerprint density at radius 1 is 1.12 bits per heavy atom. The molecule has 4 nitrogen and oxygen atoms in total. The van der Waals surface area contributed by atoms with Gasteiger partial charge in [0.15, 0.2) is 0 Å². The quantitative estimate of drug-likeness (QED) is 0.596. The van der Waals surface area contributed by atoms with Crippen LogP contribution in [-0.4, -0.2) is 49.3 Å². The Balaban J connectivity index is 1.56. The maximum Gasteiger partial charge on any atom is 0.338 e. The lowest BCUT2D eigenvalue weighted by molar-refractivity contribution is -0.947. The highest BCUT2D eigenvalue weighted by Gasteiger charge is 2.43. The largest absolute Gasteiger partial charge is 0.491 e. The molecule has 2 fully saturated rings. The molecule has 0 saturated carbocycles. The van der Waals surface area contributed by atoms with Crippen molar-refractivity contribution >= 4 is 5.97 Å². The summed E-state index contributed by atoms with van der Waals surface area (Å²) < 4.78 is 12.5. The maximum absolute atomic E-state index is 12.4. The summed E-state index contributed by atoms with van der Waals surface area (Å²) in [7, 11) is 2.39. The van der Waals surface area contributed by atoms with Crippen molar-refractivity contribution in [2.45, 2.75) is 58.1 Å². The van der Waals surface area contributed by atoms with Gasteiger partial charge in [-0.05, 0) is 63.8 Å². The highest BCUT2D eigenvalue weighted by molar-refractivity contribution is 5.89. The first-order valence-corrected chi connectivity index (χ1v) is 9.76. The van der Waals surface area contributed by atoms with Gasteiger partial charge in [0.1, 0.15) is 12.4 Å². The number of nitrogens with zero attached hydrogens (tertiary/aromatic N) is 1. The van der Waals surface area contributed by atoms with Gasteiger partial charge in [0.2, 0.25) is 0 Å². The molecule has 2 saturated heterocycles. The highest BCUT2D eigenvalue weighted by Crippen LogP contribution is 2.36. The molecule has 2 aliphatic rings. The van der Waals surface area contributed by atoms with Crippen molar-refractivity contribution in [1.29, 1.82) is 0 Å². The van der Waals surface area contributed by atoms with E-state index in [-0.39, 0.29) is 12.1 Å². The standard InChI is InChI=1S/C21H32NO3/c1-16(2)25-19-11-9-17(10-12-19)21(23)24-15-18-7-6-14-22(3)13-5-4-8-20(18)22/h9-12,16,18,20H,4-8,13-15H2,1-3H3/q+1/t18-,20-,22+/m0/s1. The summed E-state index contributed by atoms with van der Waals surface area (Å²) in [6.45, 7) is 7.11. The number of fused-ring (bicyclic) bond motifs is 1. The van der Waals surface area contributed by atoms with Crippen LogP contribution in [0.1, 0.15) is 56.3 Å². The minimum Gasteiger partial charge on any atom is -0.491 e. The Bertz CT molecular complexity index is 579. The summed E-state index contributed by atoms with van der Waals surface area (Å²) in [4.78, 5) is 12.4. The average molecular weight is 346 g/mol. The molecule has 2 aliphatic heterocycles. The average Bonchev–Trinajstić information content (AvgIpc) is 2.59. The second-order valence-corrected chi connectivity index (χ2v) is 8.18. The summed E-state index contributed by atoms with van der Waals surface area (Å²) in [5.74, 6) is 1.08. The molecule has 1 aromatic rings. The third-order valence-electron chi connectivity index (χ3n) is 5.90. The molecule has 0 N–H and O–H groups in total. The molecule has 1 aromatic carbocycles. The molecule has 0 aliphatic carbocycles. The number of quaternary nitrogens is 1. The van der Waals surface area contributed by atoms with Crippen LogP contribution in [0.4, 0.5) is 0 Å². The van der Waals surface area contributed by atoms with Crippen LogP contribution in [0.25, 0.3) is 0 Å². The van der Waals surface area contributed by atoms with E-state index >= 15 is 0 Å². The summed E-state index contributed by atoms with van der Waals surface area (Å²) in [5.41, 5.74) is 0.604. The third kappa shape index (κ3) is 4.35. The molecule has 0 unspecified atom stereocenters. The number of esters is 1. The predicted octanol–water partition coefficient (Wildman–Crippen LogP) is 4.04. The van der Waals surface area contributed by atoms with Gasteiger partial charge >= 0.3 is 5.97 Å². The number of carbonyl (C=O) groups excluding carboxylic acids is 1. The second kappa shape index (κ2) is 7.77. The number of piperidine rings is 2. The van der Waals surface area contributed by atoms with Crippen LogP contribution in [-0.2, 0) is 4.74 Å². The smallest absolute Gasteiger partial charge is 0.338 e. The summed E-state index contributed by atoms with van der Waals surface area (Å²) in [6.07, 6.45) is 6.50. The van der Waals surface area contributed by atoms with E-state index < -0.39 is 0 Å². The molecule has 3 atom stereocenters. The lowest BCUT2D eigenvalue weighted by atomic mass is 9.82. The zero-order valence-electron chi connectivity index (χ0n) is 15.9. The number of carbonyl (C=O) groups is 1. The molecule has 138 valence electrons. The number of ether oxygens (including phenoxy) is 2. The normalized spacial score (nSPS) is 29.1. The molecule has 25 heavy (non-hydrogen) atoms. The number of hydrogen-bond acceptors (Lipinski definition) is 3. The van der Waals surface area contributed by atoms with Gasteiger partial charge in [-0.2, -0.15) is 0 Å². The van der Waals surface area contributed by atoms with Gasteiger partial charge in [-0.15, -0.1) is 0 Å². The van der Waals surface area contributed by atoms with Crippen LogP contribution in [0.5, 0.6) is 5.75 Å². The van der Waals surface area contributed by atoms with Crippen molar-refractivity contribution in [3.63, 3.8) is 0 Å². The minimum atomic E-state index is -0.216. The zero-order chi connectivity index (χ0) is 17.9. The van der Waals surface area contributed by atoms with Crippen LogP contribution < -0.4 is 4.74 Å². The molecule has 4 heteroatoms. The van der Waals surface area contributed by atoms with Crippen molar-refractivity contribution in [2.24, 2.45) is 5.92 Å². The Kier molecular flexibility index (Phi) is 5.67. The lowest BCUT2D eigenvalue weighted by Gasteiger charge is -2.51. The summed E-state index contributed by atoms with van der Waals surface area (Å²) in [5, 5.41) is 0. The van der Waals surface area contributed by atoms with Gasteiger partial charge in [-0.3, -0.25) is 0 Å². The summed E-state index contributed by atoms with van der Waals surface area (Å²) in [6, 6.07) is 7.93. The Labute approximate surface area is 151 Å². The second-order valence-electron chi connectivity index (χ2n) is 8.18. The van der Waals surface area contributed by atoms with E-state index in [4.69, 9.17) is 9.47 Å². The number of hydrogen-bond donors (Lipinski definition) is 0. The van der Waals surface area contributed by atoms with E-state index in [0.717, 1.165) is 5.75 Å². The third-order valence-corrected chi connectivity index (χ3v) is 5.90. The Morgan fingerprint density at radius 2 is 1.84 bits per heavy atom. The maximum atomic E-state index is 12.4. The van der Waals surface area contributed by atoms with Crippen molar-refractivity contribution in [3.05, 3.63) is 29.8 Å². The molecule has 3 rings (SSSR count). The zero-order valence-corrected chi connectivity index (χ0v) is 15.9. The van der Waals surface area contributed by atoms with Crippen molar-refractivity contribution in [2.75, 3.05) is 26.7 Å². The molecule has 2 heterocycles. The molecule has 0 bridgehead atoms.